The highest BCUT2D eigenvalue weighted by molar-refractivity contribution is 7.80. The fourth-order valence-electron chi connectivity index (χ4n) is 1.46. The quantitative estimate of drug-likeness (QED) is 0.691. The molecule has 0 amide bonds. The number of benzene rings is 1. The third-order valence-electron chi connectivity index (χ3n) is 2.05. The second-order valence-corrected chi connectivity index (χ2v) is 4.51. The molecule has 0 unspecified atom stereocenters. The normalized spacial score (nSPS) is 10.9. The van der Waals surface area contributed by atoms with E-state index in [9.17, 15) is 5.11 Å². The minimum absolute atomic E-state index is 0.378. The molecular formula is C10H10OS2. The molecule has 2 rings (SSSR count). The lowest BCUT2D eigenvalue weighted by atomic mass is 10.1. The van der Waals surface area contributed by atoms with Gasteiger partial charge in [-0.25, -0.2) is 0 Å². The Labute approximate surface area is 86.4 Å². The van der Waals surface area contributed by atoms with E-state index in [-0.39, 0.29) is 0 Å². The van der Waals surface area contributed by atoms with Gasteiger partial charge in [-0.15, -0.1) is 12.6 Å². The standard InChI is InChI=1S/C10H10OS2/c1-2-6-3-8(12)4-7-5-9(11)13-10(6)7/h3-5,11-12H,2H2,1H3. The first kappa shape index (κ1) is 8.91. The largest absolute Gasteiger partial charge is 0.499 e. The molecule has 0 aliphatic rings. The van der Waals surface area contributed by atoms with Crippen LogP contribution in [0.3, 0.4) is 0 Å². The van der Waals surface area contributed by atoms with Crippen LogP contribution in [0.4, 0.5) is 0 Å². The molecule has 0 radical (unpaired) electrons. The minimum Gasteiger partial charge on any atom is -0.499 e. The molecule has 0 saturated carbocycles. The van der Waals surface area contributed by atoms with Crippen molar-refractivity contribution in [2.24, 2.45) is 0 Å². The van der Waals surface area contributed by atoms with Crippen molar-refractivity contribution in [1.82, 2.24) is 0 Å². The summed E-state index contributed by atoms with van der Waals surface area (Å²) < 4.78 is 1.18. The summed E-state index contributed by atoms with van der Waals surface area (Å²) in [6, 6.07) is 5.83. The van der Waals surface area contributed by atoms with E-state index in [4.69, 9.17) is 0 Å². The molecule has 0 fully saturated rings. The summed E-state index contributed by atoms with van der Waals surface area (Å²) in [6.07, 6.45) is 0.977. The summed E-state index contributed by atoms with van der Waals surface area (Å²) in [4.78, 5) is 0.960. The Morgan fingerprint density at radius 3 is 2.85 bits per heavy atom. The molecule has 0 aliphatic carbocycles. The summed E-state index contributed by atoms with van der Waals surface area (Å²) in [6.45, 7) is 2.11. The van der Waals surface area contributed by atoms with Crippen molar-refractivity contribution in [3.63, 3.8) is 0 Å². The molecule has 0 saturated heterocycles. The van der Waals surface area contributed by atoms with Gasteiger partial charge < -0.3 is 5.11 Å². The molecule has 1 N–H and O–H groups in total. The lowest BCUT2D eigenvalue weighted by Crippen LogP contribution is -1.79. The van der Waals surface area contributed by atoms with E-state index in [0.717, 1.165) is 16.7 Å². The highest BCUT2D eigenvalue weighted by atomic mass is 32.1. The van der Waals surface area contributed by atoms with Gasteiger partial charge in [-0.3, -0.25) is 0 Å². The van der Waals surface area contributed by atoms with Crippen LogP contribution in [-0.2, 0) is 6.42 Å². The van der Waals surface area contributed by atoms with E-state index in [0.29, 0.717) is 5.06 Å². The Kier molecular flexibility index (Phi) is 2.22. The highest BCUT2D eigenvalue weighted by Crippen LogP contribution is 2.34. The second kappa shape index (κ2) is 3.24. The van der Waals surface area contributed by atoms with Crippen molar-refractivity contribution in [2.75, 3.05) is 0 Å². The first-order chi connectivity index (χ1) is 6.20. The van der Waals surface area contributed by atoms with Gasteiger partial charge in [0, 0.05) is 9.60 Å². The Balaban J connectivity index is 2.80. The van der Waals surface area contributed by atoms with Crippen LogP contribution in [0.2, 0.25) is 0 Å². The minimum atomic E-state index is 0.378. The smallest absolute Gasteiger partial charge is 0.172 e. The Morgan fingerprint density at radius 2 is 2.15 bits per heavy atom. The Morgan fingerprint density at radius 1 is 1.38 bits per heavy atom. The first-order valence-electron chi connectivity index (χ1n) is 4.15. The van der Waals surface area contributed by atoms with Gasteiger partial charge in [0.1, 0.15) is 0 Å². The van der Waals surface area contributed by atoms with Crippen molar-refractivity contribution >= 4 is 34.1 Å². The maximum atomic E-state index is 9.36. The van der Waals surface area contributed by atoms with Gasteiger partial charge in [-0.05, 0) is 35.6 Å². The molecule has 0 aliphatic heterocycles. The average molecular weight is 210 g/mol. The predicted molar refractivity (Wildman–Crippen MR) is 60.1 cm³/mol. The van der Waals surface area contributed by atoms with Crippen LogP contribution in [0.1, 0.15) is 12.5 Å². The molecule has 1 aromatic carbocycles. The molecule has 68 valence electrons. The third-order valence-corrected chi connectivity index (χ3v) is 3.33. The molecule has 1 heterocycles. The van der Waals surface area contributed by atoms with Gasteiger partial charge in [0.25, 0.3) is 0 Å². The Hall–Kier alpha value is -0.670. The van der Waals surface area contributed by atoms with Crippen LogP contribution in [-0.4, -0.2) is 5.11 Å². The summed E-state index contributed by atoms with van der Waals surface area (Å²) in [7, 11) is 0. The van der Waals surface area contributed by atoms with Crippen LogP contribution in [0.5, 0.6) is 5.06 Å². The predicted octanol–water partition coefficient (Wildman–Crippen LogP) is 3.46. The molecule has 0 atom stereocenters. The van der Waals surface area contributed by atoms with Crippen molar-refractivity contribution < 1.29 is 5.11 Å². The topological polar surface area (TPSA) is 20.2 Å². The summed E-state index contributed by atoms with van der Waals surface area (Å²) in [5.74, 6) is 0. The average Bonchev–Trinajstić information content (AvgIpc) is 2.43. The van der Waals surface area contributed by atoms with Crippen molar-refractivity contribution in [2.45, 2.75) is 18.2 Å². The highest BCUT2D eigenvalue weighted by Gasteiger charge is 2.05. The molecule has 0 spiro atoms. The number of hydrogen-bond acceptors (Lipinski definition) is 3. The number of rotatable bonds is 1. The lowest BCUT2D eigenvalue weighted by Gasteiger charge is -1.99. The van der Waals surface area contributed by atoms with Crippen LogP contribution < -0.4 is 0 Å². The van der Waals surface area contributed by atoms with Crippen molar-refractivity contribution in [3.8, 4) is 5.06 Å². The van der Waals surface area contributed by atoms with Gasteiger partial charge in [0.15, 0.2) is 5.06 Å². The summed E-state index contributed by atoms with van der Waals surface area (Å²) >= 11 is 5.75. The number of thiol groups is 1. The van der Waals surface area contributed by atoms with E-state index < -0.39 is 0 Å². The van der Waals surface area contributed by atoms with E-state index >= 15 is 0 Å². The zero-order valence-electron chi connectivity index (χ0n) is 7.24. The molecule has 13 heavy (non-hydrogen) atoms. The molecule has 0 bridgehead atoms. The number of fused-ring (bicyclic) bond motifs is 1. The monoisotopic (exact) mass is 210 g/mol. The molecule has 1 nitrogen and oxygen atoms in total. The van der Waals surface area contributed by atoms with E-state index in [1.165, 1.54) is 21.6 Å². The SMILES string of the molecule is CCc1cc(S)cc2cc(O)sc12. The zero-order valence-corrected chi connectivity index (χ0v) is 8.95. The van der Waals surface area contributed by atoms with Gasteiger partial charge >= 0.3 is 0 Å². The fraction of sp³-hybridized carbons (Fsp3) is 0.200. The second-order valence-electron chi connectivity index (χ2n) is 2.96. The van der Waals surface area contributed by atoms with E-state index in [1.807, 2.05) is 6.07 Å². The van der Waals surface area contributed by atoms with Crippen LogP contribution in [0, 0.1) is 0 Å². The molecular weight excluding hydrogens is 200 g/mol. The van der Waals surface area contributed by atoms with Gasteiger partial charge in [0.05, 0.1) is 0 Å². The number of hydrogen-bond donors (Lipinski definition) is 2. The number of thiophene rings is 1. The van der Waals surface area contributed by atoms with Gasteiger partial charge in [0.2, 0.25) is 0 Å². The van der Waals surface area contributed by atoms with Gasteiger partial charge in [-0.1, -0.05) is 18.3 Å². The third kappa shape index (κ3) is 1.54. The van der Waals surface area contributed by atoms with Crippen LogP contribution in [0.25, 0.3) is 10.1 Å². The van der Waals surface area contributed by atoms with Gasteiger partial charge in [-0.2, -0.15) is 0 Å². The van der Waals surface area contributed by atoms with Crippen molar-refractivity contribution in [3.05, 3.63) is 23.8 Å². The van der Waals surface area contributed by atoms with Crippen LogP contribution >= 0.6 is 24.0 Å². The fourth-order valence-corrected chi connectivity index (χ4v) is 2.72. The summed E-state index contributed by atoms with van der Waals surface area (Å²) in [5, 5.41) is 10.8. The Bertz CT molecular complexity index is 445. The van der Waals surface area contributed by atoms with Crippen LogP contribution in [0.15, 0.2) is 23.1 Å². The first-order valence-corrected chi connectivity index (χ1v) is 5.41. The zero-order chi connectivity index (χ0) is 9.42. The number of aryl methyl sites for hydroxylation is 1. The maximum absolute atomic E-state index is 9.36. The molecule has 2 aromatic rings. The van der Waals surface area contributed by atoms with Crippen molar-refractivity contribution in [1.29, 1.82) is 0 Å². The summed E-state index contributed by atoms with van der Waals surface area (Å²) in [5.41, 5.74) is 1.26. The molecule has 3 heteroatoms. The number of aromatic hydroxyl groups is 1. The van der Waals surface area contributed by atoms with E-state index in [1.54, 1.807) is 6.07 Å². The molecule has 1 aromatic heterocycles. The lowest BCUT2D eigenvalue weighted by molar-refractivity contribution is 0.491. The maximum Gasteiger partial charge on any atom is 0.172 e. The van der Waals surface area contributed by atoms with E-state index in [2.05, 4.69) is 25.6 Å².